The Hall–Kier alpha value is -4.23. The van der Waals surface area contributed by atoms with Gasteiger partial charge in [0.2, 0.25) is 5.91 Å². The van der Waals surface area contributed by atoms with Crippen LogP contribution in [0.15, 0.2) is 113 Å². The Bertz CT molecular complexity index is 1320. The van der Waals surface area contributed by atoms with Gasteiger partial charge in [0.05, 0.1) is 17.7 Å². The summed E-state index contributed by atoms with van der Waals surface area (Å²) in [6.45, 7) is 0.926. The first-order valence-corrected chi connectivity index (χ1v) is 12.6. The van der Waals surface area contributed by atoms with E-state index in [1.54, 1.807) is 37.0 Å². The Kier molecular flexibility index (Phi) is 8.84. The van der Waals surface area contributed by atoms with E-state index in [1.165, 1.54) is 11.0 Å². The molecular weight excluding hydrogens is 486 g/mol. The van der Waals surface area contributed by atoms with E-state index in [4.69, 9.17) is 9.47 Å². The number of para-hydroxylation sites is 2. The minimum atomic E-state index is -1.06. The van der Waals surface area contributed by atoms with Gasteiger partial charge in [-0.05, 0) is 66.2 Å². The molecule has 0 saturated carbocycles. The van der Waals surface area contributed by atoms with Crippen LogP contribution in [0.5, 0.6) is 11.5 Å². The molecular formula is C30H27NO5S. The molecule has 188 valence electrons. The van der Waals surface area contributed by atoms with Crippen LogP contribution in [0, 0.1) is 0 Å². The van der Waals surface area contributed by atoms with Crippen molar-refractivity contribution < 1.29 is 24.2 Å². The van der Waals surface area contributed by atoms with Crippen LogP contribution < -0.4 is 14.4 Å². The monoisotopic (exact) mass is 513 g/mol. The minimum absolute atomic E-state index is 0.0991. The van der Waals surface area contributed by atoms with E-state index in [0.29, 0.717) is 18.9 Å². The number of nitrogens with zero attached hydrogens (tertiary/aromatic N) is 1. The lowest BCUT2D eigenvalue weighted by atomic mass is 10.1. The molecule has 0 radical (unpaired) electrons. The molecule has 0 aliphatic heterocycles. The van der Waals surface area contributed by atoms with Crippen molar-refractivity contribution in [2.75, 3.05) is 25.2 Å². The van der Waals surface area contributed by atoms with Gasteiger partial charge >= 0.3 is 5.97 Å². The fourth-order valence-corrected chi connectivity index (χ4v) is 4.44. The summed E-state index contributed by atoms with van der Waals surface area (Å²) >= 11 is 1.62. The number of rotatable bonds is 11. The first-order valence-electron chi connectivity index (χ1n) is 11.8. The smallest absolute Gasteiger partial charge is 0.337 e. The number of hydrogen-bond acceptors (Lipinski definition) is 5. The third-order valence-electron chi connectivity index (χ3n) is 5.57. The Balaban J connectivity index is 1.26. The summed E-state index contributed by atoms with van der Waals surface area (Å²) in [7, 11) is 1.60. The van der Waals surface area contributed by atoms with Crippen LogP contribution in [0.1, 0.15) is 15.9 Å². The number of hydrogen-bond donors (Lipinski definition) is 1. The second-order valence-electron chi connectivity index (χ2n) is 8.18. The van der Waals surface area contributed by atoms with Crippen molar-refractivity contribution in [2.45, 2.75) is 16.2 Å². The lowest BCUT2D eigenvalue weighted by molar-refractivity contribution is -0.117. The summed E-state index contributed by atoms with van der Waals surface area (Å²) < 4.78 is 11.4. The van der Waals surface area contributed by atoms with Gasteiger partial charge in [0.1, 0.15) is 24.7 Å². The van der Waals surface area contributed by atoms with Crippen molar-refractivity contribution in [3.63, 3.8) is 0 Å². The van der Waals surface area contributed by atoms with Gasteiger partial charge in [0, 0.05) is 16.8 Å². The van der Waals surface area contributed by atoms with E-state index in [1.807, 2.05) is 78.9 Å². The Morgan fingerprint density at radius 3 is 1.89 bits per heavy atom. The summed E-state index contributed by atoms with van der Waals surface area (Å²) in [5.41, 5.74) is 1.33. The zero-order valence-electron chi connectivity index (χ0n) is 20.4. The van der Waals surface area contributed by atoms with Crippen molar-refractivity contribution in [1.82, 2.24) is 0 Å². The van der Waals surface area contributed by atoms with Crippen LogP contribution in [0.25, 0.3) is 0 Å². The van der Waals surface area contributed by atoms with Crippen LogP contribution in [0.2, 0.25) is 0 Å². The molecule has 4 aromatic rings. The van der Waals surface area contributed by atoms with Gasteiger partial charge in [-0.1, -0.05) is 54.2 Å². The highest BCUT2D eigenvalue weighted by Gasteiger charge is 2.18. The molecule has 0 saturated heterocycles. The van der Waals surface area contributed by atoms with Gasteiger partial charge in [-0.15, -0.1) is 0 Å². The van der Waals surface area contributed by atoms with E-state index in [-0.39, 0.29) is 17.9 Å². The van der Waals surface area contributed by atoms with E-state index in [2.05, 4.69) is 0 Å². The third kappa shape index (κ3) is 7.38. The molecule has 0 heterocycles. The standard InChI is InChI=1S/C30H27NO5S/c1-31(28-10-6-5-9-27(28)30(33)34)29(32)21-22-11-15-25(16-12-22)37-26-17-13-24(14-18-26)36-20-19-35-23-7-3-2-4-8-23/h2-18H,19-21H2,1H3,(H,33,34). The minimum Gasteiger partial charge on any atom is -0.490 e. The van der Waals surface area contributed by atoms with Gasteiger partial charge in [-0.3, -0.25) is 4.79 Å². The van der Waals surface area contributed by atoms with E-state index in [0.717, 1.165) is 26.9 Å². The number of carbonyl (C=O) groups is 2. The van der Waals surface area contributed by atoms with Crippen molar-refractivity contribution in [3.8, 4) is 11.5 Å². The molecule has 4 rings (SSSR count). The van der Waals surface area contributed by atoms with Gasteiger partial charge in [-0.2, -0.15) is 0 Å². The van der Waals surface area contributed by atoms with Crippen LogP contribution in [0.3, 0.4) is 0 Å². The fourth-order valence-electron chi connectivity index (χ4n) is 3.63. The SMILES string of the molecule is CN(C(=O)Cc1ccc(Sc2ccc(OCCOc3ccccc3)cc2)cc1)c1ccccc1C(=O)O. The highest BCUT2D eigenvalue weighted by Crippen LogP contribution is 2.29. The fraction of sp³-hybridized carbons (Fsp3) is 0.133. The number of benzene rings is 4. The summed E-state index contributed by atoms with van der Waals surface area (Å²) in [6, 6.07) is 31.8. The zero-order chi connectivity index (χ0) is 26.0. The molecule has 1 N–H and O–H groups in total. The maximum atomic E-state index is 12.8. The molecule has 0 bridgehead atoms. The third-order valence-corrected chi connectivity index (χ3v) is 6.59. The summed E-state index contributed by atoms with van der Waals surface area (Å²) in [6.07, 6.45) is 0.176. The lowest BCUT2D eigenvalue weighted by Crippen LogP contribution is -2.29. The Morgan fingerprint density at radius 2 is 1.27 bits per heavy atom. The van der Waals surface area contributed by atoms with Crippen molar-refractivity contribution in [1.29, 1.82) is 0 Å². The second-order valence-corrected chi connectivity index (χ2v) is 9.33. The second kappa shape index (κ2) is 12.6. The first-order chi connectivity index (χ1) is 18.0. The number of amides is 1. The molecule has 0 fully saturated rings. The summed E-state index contributed by atoms with van der Waals surface area (Å²) in [4.78, 5) is 27.7. The van der Waals surface area contributed by atoms with Gasteiger partial charge < -0.3 is 19.5 Å². The molecule has 0 aliphatic rings. The maximum Gasteiger partial charge on any atom is 0.337 e. The van der Waals surface area contributed by atoms with Crippen molar-refractivity contribution >= 4 is 29.3 Å². The van der Waals surface area contributed by atoms with Crippen LogP contribution >= 0.6 is 11.8 Å². The molecule has 0 aliphatic carbocycles. The average Bonchev–Trinajstić information content (AvgIpc) is 2.93. The summed E-state index contributed by atoms with van der Waals surface area (Å²) in [5, 5.41) is 9.39. The van der Waals surface area contributed by atoms with E-state index in [9.17, 15) is 14.7 Å². The van der Waals surface area contributed by atoms with E-state index < -0.39 is 5.97 Å². The Morgan fingerprint density at radius 1 is 0.730 bits per heavy atom. The predicted octanol–water partition coefficient (Wildman–Crippen LogP) is 6.20. The quantitative estimate of drug-likeness (QED) is 0.241. The molecule has 6 nitrogen and oxygen atoms in total. The topological polar surface area (TPSA) is 76.1 Å². The maximum absolute atomic E-state index is 12.8. The number of carboxylic acids is 1. The summed E-state index contributed by atoms with van der Waals surface area (Å²) in [5.74, 6) is 0.361. The number of anilines is 1. The lowest BCUT2D eigenvalue weighted by Gasteiger charge is -2.19. The molecule has 7 heteroatoms. The van der Waals surface area contributed by atoms with Gasteiger partial charge in [0.15, 0.2) is 0 Å². The van der Waals surface area contributed by atoms with Crippen molar-refractivity contribution in [3.05, 3.63) is 114 Å². The highest BCUT2D eigenvalue weighted by molar-refractivity contribution is 7.99. The number of carboxylic acid groups (broad SMARTS) is 1. The first kappa shape index (κ1) is 25.9. The highest BCUT2D eigenvalue weighted by atomic mass is 32.2. The number of carbonyl (C=O) groups excluding carboxylic acids is 1. The van der Waals surface area contributed by atoms with Gasteiger partial charge in [-0.25, -0.2) is 4.79 Å². The zero-order valence-corrected chi connectivity index (χ0v) is 21.2. The van der Waals surface area contributed by atoms with Crippen LogP contribution in [-0.4, -0.2) is 37.2 Å². The molecule has 37 heavy (non-hydrogen) atoms. The number of likely N-dealkylation sites (N-methyl/N-ethyl adjacent to an activating group) is 1. The van der Waals surface area contributed by atoms with Gasteiger partial charge in [0.25, 0.3) is 0 Å². The molecule has 0 aromatic heterocycles. The number of ether oxygens (including phenoxy) is 2. The largest absolute Gasteiger partial charge is 0.490 e. The molecule has 4 aromatic carbocycles. The molecule has 0 spiro atoms. The van der Waals surface area contributed by atoms with E-state index >= 15 is 0 Å². The van der Waals surface area contributed by atoms with Crippen molar-refractivity contribution in [2.24, 2.45) is 0 Å². The normalized spacial score (nSPS) is 10.5. The Labute approximate surface area is 220 Å². The molecule has 0 atom stereocenters. The molecule has 0 unspecified atom stereocenters. The average molecular weight is 514 g/mol. The predicted molar refractivity (Wildman–Crippen MR) is 145 cm³/mol. The molecule has 1 amide bonds. The number of aromatic carboxylic acids is 1. The van der Waals surface area contributed by atoms with Crippen LogP contribution in [0.4, 0.5) is 5.69 Å². The van der Waals surface area contributed by atoms with Crippen LogP contribution in [-0.2, 0) is 11.2 Å².